The Morgan fingerprint density at radius 1 is 0.969 bits per heavy atom. The fourth-order valence-corrected chi connectivity index (χ4v) is 5.24. The predicted octanol–water partition coefficient (Wildman–Crippen LogP) is 8.47. The first kappa shape index (κ1) is 22.8. The summed E-state index contributed by atoms with van der Waals surface area (Å²) in [7, 11) is 0. The first-order chi connectivity index (χ1) is 15.2. The van der Waals surface area contributed by atoms with Gasteiger partial charge in [-0.05, 0) is 85.3 Å². The van der Waals surface area contributed by atoms with E-state index < -0.39 is 23.7 Å². The molecule has 32 heavy (non-hydrogen) atoms. The van der Waals surface area contributed by atoms with Gasteiger partial charge in [0.1, 0.15) is 17.4 Å². The lowest BCUT2D eigenvalue weighted by molar-refractivity contribution is -0.274. The average Bonchev–Trinajstić information content (AvgIpc) is 2.74. The second-order valence-corrected chi connectivity index (χ2v) is 8.91. The van der Waals surface area contributed by atoms with Crippen LogP contribution in [-0.4, -0.2) is 6.36 Å². The molecule has 0 N–H and O–H groups in total. The summed E-state index contributed by atoms with van der Waals surface area (Å²) in [5, 5.41) is 0. The summed E-state index contributed by atoms with van der Waals surface area (Å²) in [6.45, 7) is 2.22. The van der Waals surface area contributed by atoms with Gasteiger partial charge in [-0.2, -0.15) is 0 Å². The van der Waals surface area contributed by atoms with Crippen LogP contribution in [0.15, 0.2) is 35.9 Å². The molecule has 0 amide bonds. The van der Waals surface area contributed by atoms with Crippen molar-refractivity contribution in [1.29, 1.82) is 0 Å². The molecule has 2 aromatic carbocycles. The zero-order valence-corrected chi connectivity index (χ0v) is 18.1. The van der Waals surface area contributed by atoms with Crippen LogP contribution in [0.2, 0.25) is 0 Å². The number of alkyl halides is 3. The molecule has 0 unspecified atom stereocenters. The van der Waals surface area contributed by atoms with Crippen molar-refractivity contribution in [2.45, 2.75) is 64.7 Å². The smallest absolute Gasteiger partial charge is 0.406 e. The maximum atomic E-state index is 15.3. The minimum absolute atomic E-state index is 0.182. The molecule has 2 aliphatic rings. The lowest BCUT2D eigenvalue weighted by Gasteiger charge is -2.32. The van der Waals surface area contributed by atoms with Crippen LogP contribution < -0.4 is 4.74 Å². The molecule has 0 aliphatic heterocycles. The van der Waals surface area contributed by atoms with Crippen LogP contribution in [0.25, 0.3) is 17.2 Å². The number of halogens is 5. The molecule has 0 spiro atoms. The van der Waals surface area contributed by atoms with E-state index in [1.165, 1.54) is 49.5 Å². The van der Waals surface area contributed by atoms with Crippen molar-refractivity contribution in [3.63, 3.8) is 0 Å². The van der Waals surface area contributed by atoms with Gasteiger partial charge in [0.05, 0.1) is 5.56 Å². The minimum atomic E-state index is -4.82. The third-order valence-corrected chi connectivity index (χ3v) is 6.80. The van der Waals surface area contributed by atoms with Gasteiger partial charge in [0, 0.05) is 0 Å². The molecular weight excluding hydrogens is 423 g/mol. The third kappa shape index (κ3) is 5.00. The highest BCUT2D eigenvalue weighted by Crippen LogP contribution is 2.41. The molecule has 0 aromatic heterocycles. The predicted molar refractivity (Wildman–Crippen MR) is 115 cm³/mol. The quantitative estimate of drug-likeness (QED) is 0.415. The van der Waals surface area contributed by atoms with E-state index in [-0.39, 0.29) is 11.1 Å². The highest BCUT2D eigenvalue weighted by atomic mass is 19.4. The van der Waals surface area contributed by atoms with Gasteiger partial charge in [-0.3, -0.25) is 0 Å². The molecule has 1 saturated carbocycles. The van der Waals surface area contributed by atoms with Gasteiger partial charge >= 0.3 is 6.36 Å². The average molecular weight is 450 g/mol. The topological polar surface area (TPSA) is 9.23 Å². The minimum Gasteiger partial charge on any atom is -0.406 e. The lowest BCUT2D eigenvalue weighted by Crippen LogP contribution is -2.18. The molecule has 2 aromatic rings. The molecule has 4 rings (SSSR count). The van der Waals surface area contributed by atoms with E-state index in [4.69, 9.17) is 0 Å². The Labute approximate surface area is 185 Å². The van der Waals surface area contributed by atoms with Crippen molar-refractivity contribution in [2.75, 3.05) is 0 Å². The van der Waals surface area contributed by atoms with Crippen LogP contribution in [0.4, 0.5) is 22.0 Å². The molecule has 172 valence electrons. The zero-order chi connectivity index (χ0) is 22.9. The Morgan fingerprint density at radius 2 is 1.66 bits per heavy atom. The van der Waals surface area contributed by atoms with Crippen LogP contribution in [0.1, 0.15) is 63.0 Å². The summed E-state index contributed by atoms with van der Waals surface area (Å²) in [6.07, 6.45) is 5.62. The summed E-state index contributed by atoms with van der Waals surface area (Å²) in [4.78, 5) is 0. The Morgan fingerprint density at radius 3 is 2.28 bits per heavy atom. The van der Waals surface area contributed by atoms with Crippen LogP contribution in [0, 0.1) is 23.5 Å². The highest BCUT2D eigenvalue weighted by molar-refractivity contribution is 5.71. The maximum absolute atomic E-state index is 15.3. The van der Waals surface area contributed by atoms with E-state index in [2.05, 4.69) is 11.7 Å². The molecule has 0 bridgehead atoms. The van der Waals surface area contributed by atoms with Crippen molar-refractivity contribution in [2.24, 2.45) is 11.8 Å². The van der Waals surface area contributed by atoms with Gasteiger partial charge in [0.15, 0.2) is 0 Å². The van der Waals surface area contributed by atoms with Crippen molar-refractivity contribution in [3.8, 4) is 16.9 Å². The van der Waals surface area contributed by atoms with Crippen LogP contribution in [0.5, 0.6) is 5.75 Å². The van der Waals surface area contributed by atoms with E-state index in [0.29, 0.717) is 23.5 Å². The van der Waals surface area contributed by atoms with Crippen molar-refractivity contribution in [3.05, 3.63) is 58.7 Å². The summed E-state index contributed by atoms with van der Waals surface area (Å²) in [6, 6.07) is 5.97. The fraction of sp³-hybridized carbons (Fsp3) is 0.462. The van der Waals surface area contributed by atoms with Gasteiger partial charge in [-0.25, -0.2) is 8.78 Å². The van der Waals surface area contributed by atoms with Gasteiger partial charge in [0.2, 0.25) is 0 Å². The monoisotopic (exact) mass is 450 g/mol. The number of rotatable bonds is 5. The molecular formula is C26H27F5O. The Hall–Kier alpha value is -2.37. The van der Waals surface area contributed by atoms with Crippen LogP contribution in [-0.2, 0) is 6.42 Å². The van der Waals surface area contributed by atoms with Gasteiger partial charge in [-0.15, -0.1) is 13.2 Å². The van der Waals surface area contributed by atoms with E-state index >= 15 is 4.39 Å². The molecule has 1 nitrogen and oxygen atoms in total. The number of ether oxygens (including phenoxy) is 1. The second-order valence-electron chi connectivity index (χ2n) is 8.91. The largest absolute Gasteiger partial charge is 0.573 e. The summed E-state index contributed by atoms with van der Waals surface area (Å²) >= 11 is 0. The number of fused-ring (bicyclic) bond motifs is 1. The molecule has 0 atom stereocenters. The summed E-state index contributed by atoms with van der Waals surface area (Å²) in [5.41, 5.74) is 2.31. The van der Waals surface area contributed by atoms with E-state index in [0.717, 1.165) is 37.3 Å². The molecule has 2 aliphatic carbocycles. The first-order valence-corrected chi connectivity index (χ1v) is 11.3. The number of hydrogen-bond acceptors (Lipinski definition) is 1. The second kappa shape index (κ2) is 9.24. The fourth-order valence-electron chi connectivity index (χ4n) is 5.24. The molecule has 1 fully saturated rings. The van der Waals surface area contributed by atoms with Crippen molar-refractivity contribution < 1.29 is 26.7 Å². The van der Waals surface area contributed by atoms with Crippen molar-refractivity contribution >= 4 is 6.08 Å². The third-order valence-electron chi connectivity index (χ3n) is 6.80. The van der Waals surface area contributed by atoms with Gasteiger partial charge < -0.3 is 4.74 Å². The molecule has 0 saturated heterocycles. The zero-order valence-electron chi connectivity index (χ0n) is 18.1. The lowest BCUT2D eigenvalue weighted by atomic mass is 9.74. The Balaban J connectivity index is 1.56. The van der Waals surface area contributed by atoms with Crippen molar-refractivity contribution in [1.82, 2.24) is 0 Å². The van der Waals surface area contributed by atoms with E-state index in [1.807, 2.05) is 6.08 Å². The number of benzene rings is 2. The molecule has 0 heterocycles. The standard InChI is InChI=1S/C26H27F5O/c1-2-3-16-4-6-17(7-5-16)19-10-13-22-20(14-19)15-23(27)24(25(22)28)18-8-11-21(12-9-18)32-26(29,30)31/h8-9,11-12,14-17H,2-7,10,13H2,1H3. The molecule has 6 heteroatoms. The first-order valence-electron chi connectivity index (χ1n) is 11.3. The Kier molecular flexibility index (Phi) is 6.59. The van der Waals surface area contributed by atoms with Crippen LogP contribution >= 0.6 is 0 Å². The maximum Gasteiger partial charge on any atom is 0.573 e. The molecule has 0 radical (unpaired) electrons. The highest BCUT2D eigenvalue weighted by Gasteiger charge is 2.31. The van der Waals surface area contributed by atoms with Gasteiger partial charge in [-0.1, -0.05) is 43.5 Å². The SMILES string of the molecule is CCCC1CCC(C2=Cc3cc(F)c(-c4ccc(OC(F)(F)F)cc4)c(F)c3CC2)CC1. The summed E-state index contributed by atoms with van der Waals surface area (Å²) < 4.78 is 71.1. The van der Waals surface area contributed by atoms with E-state index in [9.17, 15) is 17.6 Å². The number of allylic oxidation sites excluding steroid dienone is 1. The normalized spacial score (nSPS) is 21.1. The van der Waals surface area contributed by atoms with E-state index in [1.54, 1.807) is 0 Å². The summed E-state index contributed by atoms with van der Waals surface area (Å²) in [5.74, 6) is -0.482. The van der Waals surface area contributed by atoms with Crippen LogP contribution in [0.3, 0.4) is 0 Å². The van der Waals surface area contributed by atoms with Gasteiger partial charge in [0.25, 0.3) is 0 Å². The Bertz CT molecular complexity index is 983. The number of hydrogen-bond donors (Lipinski definition) is 0.